The van der Waals surface area contributed by atoms with Crippen LogP contribution < -0.4 is 0 Å². The quantitative estimate of drug-likeness (QED) is 0.0577. The van der Waals surface area contributed by atoms with Crippen LogP contribution in [0.2, 0.25) is 0 Å². The molecule has 0 aliphatic rings. The molecule has 0 aromatic heterocycles. The number of hydrogen-bond donors (Lipinski definition) is 1. The highest BCUT2D eigenvalue weighted by molar-refractivity contribution is 7.47. The fourth-order valence-electron chi connectivity index (χ4n) is 5.52. The molecule has 0 saturated heterocycles. The maximum Gasteiger partial charge on any atom is 0.472 e. The highest BCUT2D eigenvalue weighted by Gasteiger charge is 2.20. The van der Waals surface area contributed by atoms with Crippen LogP contribution in [0.4, 0.5) is 0 Å². The second-order valence-electron chi connectivity index (χ2n) is 12.5. The van der Waals surface area contributed by atoms with E-state index < -0.39 is 7.82 Å². The molecule has 248 valence electrons. The summed E-state index contributed by atoms with van der Waals surface area (Å²) in [5, 5.41) is 0. The minimum atomic E-state index is -3.91. The van der Waals surface area contributed by atoms with Crippen molar-refractivity contribution in [2.24, 2.45) is 0 Å². The van der Waals surface area contributed by atoms with E-state index in [1.54, 1.807) is 0 Å². The third kappa shape index (κ3) is 32.8. The first-order valence-corrected chi connectivity index (χ1v) is 19.9. The molecule has 5 nitrogen and oxygen atoms in total. The molecule has 0 amide bonds. The predicted molar refractivity (Wildman–Crippen MR) is 180 cm³/mol. The summed E-state index contributed by atoms with van der Waals surface area (Å²) < 4.78 is 22.6. The molecular weight excluding hydrogens is 529 g/mol. The molecule has 0 aliphatic carbocycles. The van der Waals surface area contributed by atoms with E-state index in [0.29, 0.717) is 13.2 Å². The van der Waals surface area contributed by atoms with Crippen LogP contribution in [-0.4, -0.2) is 42.6 Å². The normalized spacial score (nSPS) is 13.3. The van der Waals surface area contributed by atoms with E-state index in [1.165, 1.54) is 161 Å². The third-order valence-electron chi connectivity index (χ3n) is 8.28. The van der Waals surface area contributed by atoms with Crippen LogP contribution in [0.15, 0.2) is 0 Å². The number of unbranched alkanes of at least 4 members (excludes halogenated alkanes) is 23. The zero-order chi connectivity index (χ0) is 30.1. The number of phosphoric ester groups is 1. The molecule has 1 unspecified atom stereocenters. The van der Waals surface area contributed by atoms with Gasteiger partial charge in [0.15, 0.2) is 0 Å². The number of hydrogen-bond acceptors (Lipinski definition) is 4. The van der Waals surface area contributed by atoms with Gasteiger partial charge >= 0.3 is 7.82 Å². The van der Waals surface area contributed by atoms with Crippen molar-refractivity contribution < 1.29 is 18.5 Å². The van der Waals surface area contributed by atoms with E-state index in [-0.39, 0.29) is 0 Å². The van der Waals surface area contributed by atoms with Crippen molar-refractivity contribution in [3.63, 3.8) is 0 Å². The SMILES string of the molecule is CCCCCCCCCCCN(CCCCCCCCCCC)CCCCOP(=O)(O)OCCCCCCCCC. The average Bonchev–Trinajstić information content (AvgIpc) is 2.96. The first-order valence-electron chi connectivity index (χ1n) is 18.4. The van der Waals surface area contributed by atoms with E-state index in [0.717, 1.165) is 32.2 Å². The zero-order valence-corrected chi connectivity index (χ0v) is 29.1. The monoisotopic (exact) mass is 604 g/mol. The Labute approximate surface area is 257 Å². The molecule has 0 rings (SSSR count). The molecule has 0 fully saturated rings. The fraction of sp³-hybridized carbons (Fsp3) is 1.00. The third-order valence-corrected chi connectivity index (χ3v) is 9.30. The molecule has 0 spiro atoms. The standard InChI is InChI=1S/C35H74NO4P/c1-4-7-10-13-16-18-20-23-26-31-36(32-27-24-21-19-17-14-11-8-5-2)33-28-30-35-40-41(37,38)39-34-29-25-22-15-12-9-6-3/h4-35H2,1-3H3,(H,37,38). The Morgan fingerprint density at radius 1 is 0.415 bits per heavy atom. The summed E-state index contributed by atoms with van der Waals surface area (Å²) in [5.74, 6) is 0. The van der Waals surface area contributed by atoms with Crippen molar-refractivity contribution in [3.8, 4) is 0 Å². The maximum atomic E-state index is 12.2. The highest BCUT2D eigenvalue weighted by atomic mass is 31.2. The number of rotatable bonds is 35. The van der Waals surface area contributed by atoms with Crippen molar-refractivity contribution in [2.45, 2.75) is 194 Å². The van der Waals surface area contributed by atoms with Crippen LogP contribution in [0.25, 0.3) is 0 Å². The van der Waals surface area contributed by atoms with Gasteiger partial charge in [0.25, 0.3) is 0 Å². The molecule has 0 aromatic rings. The summed E-state index contributed by atoms with van der Waals surface area (Å²) in [6.07, 6.45) is 34.6. The molecule has 1 atom stereocenters. The summed E-state index contributed by atoms with van der Waals surface area (Å²) >= 11 is 0. The van der Waals surface area contributed by atoms with E-state index in [2.05, 4.69) is 25.7 Å². The largest absolute Gasteiger partial charge is 0.472 e. The molecule has 0 bridgehead atoms. The van der Waals surface area contributed by atoms with Gasteiger partial charge in [-0.25, -0.2) is 4.57 Å². The van der Waals surface area contributed by atoms with Gasteiger partial charge in [0.1, 0.15) is 0 Å². The summed E-state index contributed by atoms with van der Waals surface area (Å²) in [6.45, 7) is 10.8. The molecule has 0 aliphatic heterocycles. The predicted octanol–water partition coefficient (Wildman–Crippen LogP) is 12.0. The summed E-state index contributed by atoms with van der Waals surface area (Å²) in [5.41, 5.74) is 0. The number of nitrogens with zero attached hydrogens (tertiary/aromatic N) is 1. The smallest absolute Gasteiger partial charge is 0.303 e. The van der Waals surface area contributed by atoms with Crippen molar-refractivity contribution in [1.82, 2.24) is 4.90 Å². The second kappa shape index (κ2) is 33.0. The first-order chi connectivity index (χ1) is 20.1. The van der Waals surface area contributed by atoms with Crippen LogP contribution in [0.5, 0.6) is 0 Å². The summed E-state index contributed by atoms with van der Waals surface area (Å²) in [4.78, 5) is 12.6. The van der Waals surface area contributed by atoms with Crippen LogP contribution in [0.1, 0.15) is 194 Å². The molecule has 1 N–H and O–H groups in total. The molecule has 41 heavy (non-hydrogen) atoms. The fourth-order valence-corrected chi connectivity index (χ4v) is 6.32. The van der Waals surface area contributed by atoms with Gasteiger partial charge in [-0.1, -0.05) is 162 Å². The lowest BCUT2D eigenvalue weighted by Gasteiger charge is -2.22. The highest BCUT2D eigenvalue weighted by Crippen LogP contribution is 2.43. The van der Waals surface area contributed by atoms with Crippen molar-refractivity contribution >= 4 is 7.82 Å². The van der Waals surface area contributed by atoms with Crippen LogP contribution in [-0.2, 0) is 13.6 Å². The number of phosphoric acid groups is 1. The van der Waals surface area contributed by atoms with Gasteiger partial charge in [-0.15, -0.1) is 0 Å². The van der Waals surface area contributed by atoms with Crippen LogP contribution in [0, 0.1) is 0 Å². The Kier molecular flexibility index (Phi) is 33.0. The van der Waals surface area contributed by atoms with Gasteiger partial charge in [0.05, 0.1) is 13.2 Å². The lowest BCUT2D eigenvalue weighted by Crippen LogP contribution is -2.27. The second-order valence-corrected chi connectivity index (χ2v) is 13.9. The Morgan fingerprint density at radius 2 is 0.659 bits per heavy atom. The van der Waals surface area contributed by atoms with Crippen molar-refractivity contribution in [3.05, 3.63) is 0 Å². The molecular formula is C35H74NO4P. The van der Waals surface area contributed by atoms with E-state index in [9.17, 15) is 9.46 Å². The Hall–Kier alpha value is 0.0700. The molecule has 0 heterocycles. The minimum absolute atomic E-state index is 0.300. The Bertz CT molecular complexity index is 526. The molecule has 0 saturated carbocycles. The van der Waals surface area contributed by atoms with Gasteiger partial charge in [-0.3, -0.25) is 9.05 Å². The molecule has 0 aromatic carbocycles. The topological polar surface area (TPSA) is 59.0 Å². The average molecular weight is 604 g/mol. The van der Waals surface area contributed by atoms with Gasteiger partial charge in [-0.2, -0.15) is 0 Å². The van der Waals surface area contributed by atoms with E-state index in [4.69, 9.17) is 9.05 Å². The summed E-state index contributed by atoms with van der Waals surface area (Å²) in [6, 6.07) is 0. The van der Waals surface area contributed by atoms with Crippen molar-refractivity contribution in [1.29, 1.82) is 0 Å². The molecule has 0 radical (unpaired) electrons. The van der Waals surface area contributed by atoms with Gasteiger partial charge in [0, 0.05) is 0 Å². The first kappa shape index (κ1) is 41.1. The van der Waals surface area contributed by atoms with Gasteiger partial charge in [-0.05, 0) is 51.7 Å². The van der Waals surface area contributed by atoms with Crippen LogP contribution in [0.3, 0.4) is 0 Å². The zero-order valence-electron chi connectivity index (χ0n) is 28.2. The van der Waals surface area contributed by atoms with Crippen molar-refractivity contribution in [2.75, 3.05) is 32.8 Å². The van der Waals surface area contributed by atoms with E-state index >= 15 is 0 Å². The lowest BCUT2D eigenvalue weighted by atomic mass is 10.1. The van der Waals surface area contributed by atoms with E-state index in [1.807, 2.05) is 0 Å². The van der Waals surface area contributed by atoms with Crippen LogP contribution >= 0.6 is 7.82 Å². The maximum absolute atomic E-state index is 12.2. The Morgan fingerprint density at radius 3 is 1.00 bits per heavy atom. The molecule has 6 heteroatoms. The van der Waals surface area contributed by atoms with Gasteiger partial charge in [0.2, 0.25) is 0 Å². The Balaban J connectivity index is 4.08. The minimum Gasteiger partial charge on any atom is -0.303 e. The summed E-state index contributed by atoms with van der Waals surface area (Å²) in [7, 11) is -3.91. The van der Waals surface area contributed by atoms with Gasteiger partial charge < -0.3 is 9.79 Å². The lowest BCUT2D eigenvalue weighted by molar-refractivity contribution is 0.143.